The third-order valence-electron chi connectivity index (χ3n) is 2.95. The lowest BCUT2D eigenvalue weighted by molar-refractivity contribution is -0.119. The van der Waals surface area contributed by atoms with Crippen LogP contribution >= 0.6 is 23.2 Å². The molecule has 1 atom stereocenters. The molecular weight excluding hydrogens is 329 g/mol. The Hall–Kier alpha value is -1.34. The minimum atomic E-state index is -0.547. The molecule has 0 aliphatic rings. The van der Waals surface area contributed by atoms with Gasteiger partial charge in [0, 0.05) is 26.8 Å². The summed E-state index contributed by atoms with van der Waals surface area (Å²) in [4.78, 5) is 22.7. The summed E-state index contributed by atoms with van der Waals surface area (Å²) in [5.74, 6) is -0.429. The van der Waals surface area contributed by atoms with Gasteiger partial charge in [-0.15, -0.1) is 0 Å². The van der Waals surface area contributed by atoms with Gasteiger partial charge in [-0.2, -0.15) is 0 Å². The van der Waals surface area contributed by atoms with Crippen LogP contribution in [0.3, 0.4) is 0 Å². The van der Waals surface area contributed by atoms with Crippen molar-refractivity contribution in [2.45, 2.75) is 12.5 Å². The summed E-state index contributed by atoms with van der Waals surface area (Å²) in [7, 11) is 3.04. The Kier molecular flexibility index (Phi) is 8.19. The van der Waals surface area contributed by atoms with Crippen molar-refractivity contribution in [2.75, 3.05) is 27.3 Å². The van der Waals surface area contributed by atoms with Gasteiger partial charge >= 0.3 is 6.03 Å². The summed E-state index contributed by atoms with van der Waals surface area (Å²) in [5, 5.41) is 8.48. The third kappa shape index (κ3) is 6.19. The zero-order valence-corrected chi connectivity index (χ0v) is 13.9. The normalized spacial score (nSPS) is 11.8. The van der Waals surface area contributed by atoms with Gasteiger partial charge in [0.1, 0.15) is 0 Å². The number of halogens is 2. The van der Waals surface area contributed by atoms with E-state index >= 15 is 0 Å². The van der Waals surface area contributed by atoms with E-state index in [2.05, 4.69) is 16.0 Å². The van der Waals surface area contributed by atoms with Crippen LogP contribution in [-0.4, -0.2) is 39.2 Å². The molecule has 0 heterocycles. The number of benzene rings is 1. The molecule has 3 N–H and O–H groups in total. The maximum Gasteiger partial charge on any atom is 0.321 e. The van der Waals surface area contributed by atoms with E-state index in [-0.39, 0.29) is 12.6 Å². The molecule has 8 heteroatoms. The van der Waals surface area contributed by atoms with Crippen LogP contribution in [0.2, 0.25) is 10.0 Å². The Morgan fingerprint density at radius 3 is 2.59 bits per heavy atom. The van der Waals surface area contributed by atoms with Crippen LogP contribution < -0.4 is 16.0 Å². The molecule has 22 heavy (non-hydrogen) atoms. The molecule has 3 amide bonds. The molecule has 0 aliphatic carbocycles. The molecular formula is C14H19Cl2N3O3. The quantitative estimate of drug-likeness (QED) is 0.705. The molecule has 6 nitrogen and oxygen atoms in total. The molecule has 0 radical (unpaired) electrons. The largest absolute Gasteiger partial charge is 0.385 e. The van der Waals surface area contributed by atoms with Crippen molar-refractivity contribution in [3.05, 3.63) is 33.8 Å². The molecule has 1 rings (SSSR count). The standard InChI is InChI=1S/C14H19Cl2N3O3/c1-17-14(21)19-13(20)8-18-12(5-6-22-2)9-3-4-10(15)11(16)7-9/h3-4,7,12,18H,5-6,8H2,1-2H3,(H2,17,19,20,21)/t12-/m1/s1. The Morgan fingerprint density at radius 2 is 2.00 bits per heavy atom. The molecule has 122 valence electrons. The second kappa shape index (κ2) is 9.63. The van der Waals surface area contributed by atoms with Crippen LogP contribution in [0, 0.1) is 0 Å². The maximum atomic E-state index is 11.6. The average molecular weight is 348 g/mol. The first-order chi connectivity index (χ1) is 10.5. The van der Waals surface area contributed by atoms with Crippen molar-refractivity contribution in [2.24, 2.45) is 0 Å². The number of ether oxygens (including phenoxy) is 1. The molecule has 1 aromatic rings. The van der Waals surface area contributed by atoms with Gasteiger partial charge in [0.05, 0.1) is 16.6 Å². The van der Waals surface area contributed by atoms with Crippen LogP contribution in [0.1, 0.15) is 18.0 Å². The predicted octanol–water partition coefficient (Wildman–Crippen LogP) is 2.12. The SMILES string of the molecule is CNC(=O)NC(=O)CN[C@H](CCOC)c1ccc(Cl)c(Cl)c1. The van der Waals surface area contributed by atoms with Gasteiger partial charge in [-0.25, -0.2) is 4.79 Å². The van der Waals surface area contributed by atoms with E-state index in [9.17, 15) is 9.59 Å². The van der Waals surface area contributed by atoms with Crippen LogP contribution in [0.25, 0.3) is 0 Å². The van der Waals surface area contributed by atoms with E-state index in [1.165, 1.54) is 7.05 Å². The van der Waals surface area contributed by atoms with Gasteiger partial charge < -0.3 is 15.4 Å². The van der Waals surface area contributed by atoms with Gasteiger partial charge in [-0.05, 0) is 24.1 Å². The molecule has 0 bridgehead atoms. The number of imide groups is 1. The Balaban J connectivity index is 2.69. The highest BCUT2D eigenvalue weighted by molar-refractivity contribution is 6.42. The van der Waals surface area contributed by atoms with E-state index < -0.39 is 11.9 Å². The monoisotopic (exact) mass is 347 g/mol. The van der Waals surface area contributed by atoms with Gasteiger partial charge in [-0.3, -0.25) is 10.1 Å². The second-order valence-electron chi connectivity index (χ2n) is 4.52. The van der Waals surface area contributed by atoms with E-state index in [1.807, 2.05) is 6.07 Å². The average Bonchev–Trinajstić information content (AvgIpc) is 2.50. The van der Waals surface area contributed by atoms with E-state index in [1.54, 1.807) is 19.2 Å². The Morgan fingerprint density at radius 1 is 1.27 bits per heavy atom. The fraction of sp³-hybridized carbons (Fsp3) is 0.429. The molecule has 0 aromatic heterocycles. The fourth-order valence-electron chi connectivity index (χ4n) is 1.80. The van der Waals surface area contributed by atoms with Crippen molar-refractivity contribution in [1.29, 1.82) is 0 Å². The molecule has 0 saturated carbocycles. The van der Waals surface area contributed by atoms with E-state index in [0.29, 0.717) is 23.1 Å². The highest BCUT2D eigenvalue weighted by Gasteiger charge is 2.15. The van der Waals surface area contributed by atoms with Crippen molar-refractivity contribution in [1.82, 2.24) is 16.0 Å². The lowest BCUT2D eigenvalue weighted by Crippen LogP contribution is -2.42. The first kappa shape index (κ1) is 18.7. The summed E-state index contributed by atoms with van der Waals surface area (Å²) in [6, 6.07) is 4.58. The van der Waals surface area contributed by atoms with Gasteiger partial charge in [-0.1, -0.05) is 29.3 Å². The lowest BCUT2D eigenvalue weighted by atomic mass is 10.0. The summed E-state index contributed by atoms with van der Waals surface area (Å²) in [5.41, 5.74) is 0.888. The number of amides is 3. The van der Waals surface area contributed by atoms with Crippen molar-refractivity contribution in [3.8, 4) is 0 Å². The van der Waals surface area contributed by atoms with Gasteiger partial charge in [0.25, 0.3) is 0 Å². The van der Waals surface area contributed by atoms with Crippen molar-refractivity contribution < 1.29 is 14.3 Å². The minimum Gasteiger partial charge on any atom is -0.385 e. The topological polar surface area (TPSA) is 79.5 Å². The zero-order chi connectivity index (χ0) is 16.5. The Labute approximate surface area is 139 Å². The molecule has 0 unspecified atom stereocenters. The van der Waals surface area contributed by atoms with Crippen molar-refractivity contribution in [3.63, 3.8) is 0 Å². The number of methoxy groups -OCH3 is 1. The lowest BCUT2D eigenvalue weighted by Gasteiger charge is -2.19. The van der Waals surface area contributed by atoms with Gasteiger partial charge in [0.15, 0.2) is 0 Å². The molecule has 0 saturated heterocycles. The van der Waals surface area contributed by atoms with Gasteiger partial charge in [0.2, 0.25) is 5.91 Å². The molecule has 0 fully saturated rings. The number of rotatable bonds is 7. The van der Waals surface area contributed by atoms with Crippen LogP contribution in [0.5, 0.6) is 0 Å². The van der Waals surface area contributed by atoms with Crippen molar-refractivity contribution >= 4 is 35.1 Å². The second-order valence-corrected chi connectivity index (χ2v) is 5.33. The smallest absolute Gasteiger partial charge is 0.321 e. The maximum absolute atomic E-state index is 11.6. The summed E-state index contributed by atoms with van der Waals surface area (Å²) >= 11 is 11.9. The van der Waals surface area contributed by atoms with E-state index in [0.717, 1.165) is 5.56 Å². The summed E-state index contributed by atoms with van der Waals surface area (Å²) in [6.45, 7) is 0.497. The molecule has 0 spiro atoms. The van der Waals surface area contributed by atoms with Crippen LogP contribution in [-0.2, 0) is 9.53 Å². The first-order valence-corrected chi connectivity index (χ1v) is 7.42. The van der Waals surface area contributed by atoms with Crippen LogP contribution in [0.15, 0.2) is 18.2 Å². The number of carbonyl (C=O) groups is 2. The number of urea groups is 1. The number of nitrogens with one attached hydrogen (secondary N) is 3. The third-order valence-corrected chi connectivity index (χ3v) is 3.68. The molecule has 1 aromatic carbocycles. The molecule has 0 aliphatic heterocycles. The number of hydrogen-bond donors (Lipinski definition) is 3. The zero-order valence-electron chi connectivity index (χ0n) is 12.4. The fourth-order valence-corrected chi connectivity index (χ4v) is 2.11. The number of hydrogen-bond acceptors (Lipinski definition) is 4. The Bertz CT molecular complexity index is 526. The summed E-state index contributed by atoms with van der Waals surface area (Å²) in [6.07, 6.45) is 0.641. The number of carbonyl (C=O) groups excluding carboxylic acids is 2. The minimum absolute atomic E-state index is 0.0119. The highest BCUT2D eigenvalue weighted by Crippen LogP contribution is 2.26. The first-order valence-electron chi connectivity index (χ1n) is 6.66. The van der Waals surface area contributed by atoms with E-state index in [4.69, 9.17) is 27.9 Å². The predicted molar refractivity (Wildman–Crippen MR) is 86.3 cm³/mol. The highest BCUT2D eigenvalue weighted by atomic mass is 35.5. The summed E-state index contributed by atoms with van der Waals surface area (Å²) < 4.78 is 5.07. The van der Waals surface area contributed by atoms with Crippen LogP contribution in [0.4, 0.5) is 4.79 Å².